The summed E-state index contributed by atoms with van der Waals surface area (Å²) in [6, 6.07) is 48.9. The number of aryl methyl sites for hydroxylation is 6. The lowest BCUT2D eigenvalue weighted by atomic mass is 10.1. The molecular weight excluding hydrogens is 1230 g/mol. The van der Waals surface area contributed by atoms with Gasteiger partial charge in [0.1, 0.15) is 0 Å². The van der Waals surface area contributed by atoms with Crippen molar-refractivity contribution in [2.75, 3.05) is 40.9 Å². The van der Waals surface area contributed by atoms with E-state index in [9.17, 15) is 45.6 Å². The molecule has 0 aliphatic rings. The number of hydrogen-bond acceptors (Lipinski definition) is 13. The van der Waals surface area contributed by atoms with Crippen molar-refractivity contribution >= 4 is 72.7 Å². The first-order valence-electron chi connectivity index (χ1n) is 29.4. The van der Waals surface area contributed by atoms with Crippen molar-refractivity contribution in [2.45, 2.75) is 73.1 Å². The van der Waals surface area contributed by atoms with Crippen molar-refractivity contribution in [3.05, 3.63) is 214 Å². The highest BCUT2D eigenvalue weighted by atomic mass is 32.2. The Hall–Kier alpha value is -10.7. The highest BCUT2D eigenvalue weighted by Gasteiger charge is 2.21. The second-order valence-corrected chi connectivity index (χ2v) is 25.3. The number of sulfonamides is 2. The van der Waals surface area contributed by atoms with Gasteiger partial charge in [0.15, 0.2) is 0 Å². The molecule has 93 heavy (non-hydrogen) atoms. The molecule has 9 rings (SSSR count). The number of rotatable bonds is 24. The predicted molar refractivity (Wildman–Crippen MR) is 361 cm³/mol. The van der Waals surface area contributed by atoms with Crippen LogP contribution in [0.4, 0.5) is 17.1 Å². The zero-order valence-electron chi connectivity index (χ0n) is 52.6. The van der Waals surface area contributed by atoms with Gasteiger partial charge >= 0.3 is 17.9 Å². The molecule has 6 aromatic carbocycles. The van der Waals surface area contributed by atoms with E-state index in [-0.39, 0.29) is 31.2 Å². The van der Waals surface area contributed by atoms with E-state index in [1.54, 1.807) is 92.7 Å². The molecule has 486 valence electrons. The highest BCUT2D eigenvalue weighted by Crippen LogP contribution is 2.34. The topological polar surface area (TPSA) is 352 Å². The molecule has 22 nitrogen and oxygen atoms in total. The number of primary amides is 3. The van der Waals surface area contributed by atoms with Crippen molar-refractivity contribution < 1.29 is 60.2 Å². The number of benzene rings is 6. The van der Waals surface area contributed by atoms with Crippen LogP contribution in [0.3, 0.4) is 0 Å². The van der Waals surface area contributed by atoms with Gasteiger partial charge in [-0.15, -0.1) is 0 Å². The molecular formula is C69H75N9O13S2. The summed E-state index contributed by atoms with van der Waals surface area (Å²) in [6.45, 7) is 9.93. The van der Waals surface area contributed by atoms with E-state index < -0.39 is 43.7 Å². The lowest BCUT2D eigenvalue weighted by Gasteiger charge is -2.17. The number of carboxylic acids is 1. The SMILES string of the molecule is CCOC(=O)CCc1ccc(-c2ccc(N)cc2)n1-c1ccc(C(N)=O)cc1C.CCOC(=O)CCc1ccc(-c2ccc(NS(C)(=O)=O)cc2)n1-c1ccc(C(N)=O)cc1C.Cc1cc(C(N)=O)ccc1-n1c(CCC(=O)O)ccc1-c1ccc(NS(C)(=O)=O)cc1. The van der Waals surface area contributed by atoms with Crippen LogP contribution in [0.2, 0.25) is 0 Å². The summed E-state index contributed by atoms with van der Waals surface area (Å²) in [6.07, 6.45) is 3.98. The average Bonchev–Trinajstić information content (AvgIpc) is 1.70. The van der Waals surface area contributed by atoms with Gasteiger partial charge in [0.2, 0.25) is 37.8 Å². The molecule has 0 saturated carbocycles. The molecule has 11 N–H and O–H groups in total. The Bertz CT molecular complexity index is 4460. The van der Waals surface area contributed by atoms with E-state index in [0.29, 0.717) is 66.2 Å². The van der Waals surface area contributed by atoms with E-state index in [1.807, 2.05) is 115 Å². The Labute approximate surface area is 540 Å². The predicted octanol–water partition coefficient (Wildman–Crippen LogP) is 9.99. The number of nitrogens with zero attached hydrogens (tertiary/aromatic N) is 3. The third-order valence-electron chi connectivity index (χ3n) is 14.6. The van der Waals surface area contributed by atoms with E-state index in [0.717, 1.165) is 97.1 Å². The number of nitrogen functional groups attached to an aromatic ring is 1. The van der Waals surface area contributed by atoms with Crippen LogP contribution in [0.5, 0.6) is 0 Å². The number of nitrogens with one attached hydrogen (secondary N) is 2. The zero-order valence-corrected chi connectivity index (χ0v) is 54.2. The van der Waals surface area contributed by atoms with E-state index in [2.05, 4.69) is 14.0 Å². The van der Waals surface area contributed by atoms with Crippen molar-refractivity contribution in [3.63, 3.8) is 0 Å². The average molecular weight is 1300 g/mol. The van der Waals surface area contributed by atoms with Gasteiger partial charge in [0.05, 0.1) is 62.1 Å². The van der Waals surface area contributed by atoms with Gasteiger partial charge in [0.25, 0.3) is 0 Å². The number of aromatic nitrogens is 3. The second kappa shape index (κ2) is 30.9. The number of esters is 2. The van der Waals surface area contributed by atoms with Gasteiger partial charge < -0.3 is 51.2 Å². The molecule has 0 saturated heterocycles. The molecule has 0 atom stereocenters. The van der Waals surface area contributed by atoms with Crippen LogP contribution >= 0.6 is 0 Å². The molecule has 24 heteroatoms. The lowest BCUT2D eigenvalue weighted by molar-refractivity contribution is -0.144. The standard InChI is InChI=1S/C24H27N3O5S.C23H25N3O3.C22H23N3O5S/c1-4-32-23(28)14-11-20-10-13-22(17-5-8-19(9-6-17)26-33(3,30)31)27(20)21-12-7-18(24(25)29)15-16(21)2;1-3-29-22(27)13-10-19-9-12-21(16-4-7-18(24)8-5-16)26(19)20-11-6-17(23(25)28)14-15(20)2;1-14-13-16(22(23)28)5-10-19(14)25-18(9-12-21(26)27)8-11-20(25)15-3-6-17(7-4-15)24-31(2,29)30/h5-10,12-13,15,26H,4,11,14H2,1-3H3,(H2,25,29);4-9,11-12,14H,3,10,13,24H2,1-2H3,(H2,25,28);3-8,10-11,13,24H,9,12H2,1-2H3,(H2,23,28)(H,26,27). The zero-order chi connectivity index (χ0) is 67.9. The Morgan fingerprint density at radius 1 is 0.430 bits per heavy atom. The maximum Gasteiger partial charge on any atom is 0.306 e. The van der Waals surface area contributed by atoms with Crippen LogP contribution in [0, 0.1) is 20.8 Å². The van der Waals surface area contributed by atoms with Gasteiger partial charge in [-0.1, -0.05) is 36.4 Å². The van der Waals surface area contributed by atoms with Crippen LogP contribution in [-0.2, 0) is 63.2 Å². The van der Waals surface area contributed by atoms with Crippen molar-refractivity contribution in [1.82, 2.24) is 13.7 Å². The van der Waals surface area contributed by atoms with E-state index >= 15 is 0 Å². The fourth-order valence-corrected chi connectivity index (χ4v) is 11.5. The number of carbonyl (C=O) groups is 6. The number of ether oxygens (including phenoxy) is 2. The summed E-state index contributed by atoms with van der Waals surface area (Å²) in [5, 5.41) is 9.12. The smallest absolute Gasteiger partial charge is 0.306 e. The molecule has 9 aromatic rings. The number of aliphatic carboxylic acids is 1. The van der Waals surface area contributed by atoms with Crippen molar-refractivity contribution in [3.8, 4) is 50.8 Å². The molecule has 3 heterocycles. The summed E-state index contributed by atoms with van der Waals surface area (Å²) in [5.41, 5.74) is 38.0. The molecule has 0 fully saturated rings. The highest BCUT2D eigenvalue weighted by molar-refractivity contribution is 7.92. The minimum atomic E-state index is -3.38. The Balaban J connectivity index is 0.000000198. The number of amides is 3. The first-order valence-corrected chi connectivity index (χ1v) is 33.2. The number of nitrogens with two attached hydrogens (primary N) is 4. The summed E-state index contributed by atoms with van der Waals surface area (Å²) in [4.78, 5) is 69.6. The van der Waals surface area contributed by atoms with Crippen LogP contribution < -0.4 is 32.4 Å². The molecule has 0 aliphatic carbocycles. The molecule has 3 amide bonds. The van der Waals surface area contributed by atoms with Crippen molar-refractivity contribution in [1.29, 1.82) is 0 Å². The van der Waals surface area contributed by atoms with E-state index in [1.165, 1.54) is 0 Å². The fraction of sp³-hybridized carbons (Fsp3) is 0.217. The first kappa shape index (κ1) is 69.7. The summed E-state index contributed by atoms with van der Waals surface area (Å²) >= 11 is 0. The largest absolute Gasteiger partial charge is 0.481 e. The van der Waals surface area contributed by atoms with Gasteiger partial charge in [-0.2, -0.15) is 0 Å². The third kappa shape index (κ3) is 18.9. The maximum atomic E-state index is 11.9. The fourth-order valence-electron chi connectivity index (χ4n) is 10.4. The summed E-state index contributed by atoms with van der Waals surface area (Å²) in [7, 11) is -6.76. The van der Waals surface area contributed by atoms with Crippen LogP contribution in [0.25, 0.3) is 50.8 Å². The van der Waals surface area contributed by atoms with E-state index in [4.69, 9.17) is 37.5 Å². The molecule has 3 aromatic heterocycles. The summed E-state index contributed by atoms with van der Waals surface area (Å²) < 4.78 is 67.0. The Morgan fingerprint density at radius 3 is 0.978 bits per heavy atom. The molecule has 0 aliphatic heterocycles. The van der Waals surface area contributed by atoms with Gasteiger partial charge in [-0.3, -0.25) is 38.2 Å². The molecule has 0 bridgehead atoms. The number of carbonyl (C=O) groups excluding carboxylic acids is 5. The second-order valence-electron chi connectivity index (χ2n) is 21.8. The van der Waals surface area contributed by atoms with Gasteiger partial charge in [-0.25, -0.2) is 16.8 Å². The monoisotopic (exact) mass is 1300 g/mol. The minimum Gasteiger partial charge on any atom is -0.481 e. The maximum absolute atomic E-state index is 11.9. The van der Waals surface area contributed by atoms with Gasteiger partial charge in [-0.05, 0) is 215 Å². The molecule has 0 spiro atoms. The Morgan fingerprint density at radius 2 is 0.720 bits per heavy atom. The Kier molecular flexibility index (Phi) is 23.1. The third-order valence-corrected chi connectivity index (χ3v) is 15.8. The van der Waals surface area contributed by atoms with Crippen LogP contribution in [0.15, 0.2) is 164 Å². The molecule has 0 unspecified atom stereocenters. The van der Waals surface area contributed by atoms with Crippen LogP contribution in [0.1, 0.15) is 98.0 Å². The number of hydrogen-bond donors (Lipinski definition) is 7. The number of carboxylic acid groups (broad SMARTS) is 1. The summed E-state index contributed by atoms with van der Waals surface area (Å²) in [5.74, 6) is -2.89. The number of anilines is 3. The van der Waals surface area contributed by atoms with Crippen molar-refractivity contribution in [2.24, 2.45) is 17.2 Å². The lowest BCUT2D eigenvalue weighted by Crippen LogP contribution is -2.12. The van der Waals surface area contributed by atoms with Crippen LogP contribution in [-0.4, -0.2) is 97.0 Å². The first-order chi connectivity index (χ1) is 44.0. The normalized spacial score (nSPS) is 11.1. The quantitative estimate of drug-likeness (QED) is 0.0219. The molecule has 0 radical (unpaired) electrons. The minimum absolute atomic E-state index is 0.0287. The van der Waals surface area contributed by atoms with Gasteiger partial charge in [0, 0.05) is 67.9 Å².